The average Bonchev–Trinajstić information content (AvgIpc) is 2.80. The van der Waals surface area contributed by atoms with Crippen LogP contribution in [0.4, 0.5) is 46.5 Å². The van der Waals surface area contributed by atoms with Crippen LogP contribution in [0.1, 0.15) is 18.2 Å². The maximum atomic E-state index is 12.9. The molecule has 0 saturated heterocycles. The van der Waals surface area contributed by atoms with E-state index in [1.54, 1.807) is 37.3 Å². The molecule has 0 unspecified atom stereocenters. The molecule has 4 rings (SSSR count). The van der Waals surface area contributed by atoms with Crippen molar-refractivity contribution in [3.8, 4) is 0 Å². The van der Waals surface area contributed by atoms with Gasteiger partial charge in [-0.3, -0.25) is 4.79 Å². The molecule has 9 nitrogen and oxygen atoms in total. The predicted octanol–water partition coefficient (Wildman–Crippen LogP) is 5.70. The highest BCUT2D eigenvalue weighted by molar-refractivity contribution is 6.01. The number of benzene rings is 2. The maximum absolute atomic E-state index is 12.9. The number of pyridine rings is 1. The number of rotatable bonds is 5. The molecular formula is C24H20F3N7O2. The summed E-state index contributed by atoms with van der Waals surface area (Å²) < 4.78 is 38.7. The van der Waals surface area contributed by atoms with Gasteiger partial charge in [-0.05, 0) is 55.5 Å². The summed E-state index contributed by atoms with van der Waals surface area (Å²) in [6, 6.07) is 12.2. The molecule has 36 heavy (non-hydrogen) atoms. The lowest BCUT2D eigenvalue weighted by Gasteiger charge is -2.12. The Balaban J connectivity index is 1.46. The van der Waals surface area contributed by atoms with Crippen molar-refractivity contribution in [2.75, 3.05) is 21.3 Å². The first kappa shape index (κ1) is 24.4. The summed E-state index contributed by atoms with van der Waals surface area (Å²) >= 11 is 0. The van der Waals surface area contributed by atoms with Crippen LogP contribution in [0.2, 0.25) is 0 Å². The molecule has 2 heterocycles. The van der Waals surface area contributed by atoms with Gasteiger partial charge in [-0.1, -0.05) is 6.07 Å². The summed E-state index contributed by atoms with van der Waals surface area (Å²) in [6.07, 6.45) is -3.02. The third kappa shape index (κ3) is 6.03. The van der Waals surface area contributed by atoms with Gasteiger partial charge in [0.25, 0.3) is 0 Å². The number of amides is 3. The Kier molecular flexibility index (Phi) is 6.68. The largest absolute Gasteiger partial charge is 0.416 e. The van der Waals surface area contributed by atoms with Gasteiger partial charge in [-0.2, -0.15) is 13.2 Å². The number of carbonyl (C=O) groups is 2. The van der Waals surface area contributed by atoms with Crippen molar-refractivity contribution >= 4 is 51.7 Å². The summed E-state index contributed by atoms with van der Waals surface area (Å²) in [6.45, 7) is 3.08. The highest BCUT2D eigenvalue weighted by atomic mass is 19.4. The van der Waals surface area contributed by atoms with Crippen molar-refractivity contribution in [2.24, 2.45) is 0 Å². The number of nitrogens with one attached hydrogen (secondary N) is 4. The van der Waals surface area contributed by atoms with E-state index in [0.717, 1.165) is 17.8 Å². The number of hydrogen-bond acceptors (Lipinski definition) is 6. The van der Waals surface area contributed by atoms with Crippen LogP contribution in [0.3, 0.4) is 0 Å². The monoisotopic (exact) mass is 495 g/mol. The van der Waals surface area contributed by atoms with E-state index in [1.807, 2.05) is 0 Å². The van der Waals surface area contributed by atoms with Crippen LogP contribution in [0.25, 0.3) is 11.2 Å². The lowest BCUT2D eigenvalue weighted by Crippen LogP contribution is -2.20. The minimum absolute atomic E-state index is 0.00524. The number of aromatic nitrogens is 3. The molecule has 0 spiro atoms. The number of nitrogens with zero attached hydrogens (tertiary/aromatic N) is 3. The second-order valence-electron chi connectivity index (χ2n) is 7.76. The highest BCUT2D eigenvalue weighted by Crippen LogP contribution is 2.30. The molecule has 0 aliphatic carbocycles. The van der Waals surface area contributed by atoms with Crippen LogP contribution >= 0.6 is 0 Å². The Morgan fingerprint density at radius 2 is 1.58 bits per heavy atom. The summed E-state index contributed by atoms with van der Waals surface area (Å²) in [4.78, 5) is 36.6. The van der Waals surface area contributed by atoms with E-state index >= 15 is 0 Å². The van der Waals surface area contributed by atoms with Crippen molar-refractivity contribution in [3.05, 3.63) is 72.1 Å². The Hall–Kier alpha value is -4.74. The van der Waals surface area contributed by atoms with E-state index in [-0.39, 0.29) is 11.6 Å². The number of carbonyl (C=O) groups excluding carboxylic acids is 2. The molecule has 12 heteroatoms. The second kappa shape index (κ2) is 9.86. The molecule has 0 fully saturated rings. The van der Waals surface area contributed by atoms with Gasteiger partial charge in [0.15, 0.2) is 11.5 Å². The van der Waals surface area contributed by atoms with Crippen molar-refractivity contribution in [1.82, 2.24) is 15.0 Å². The summed E-state index contributed by atoms with van der Waals surface area (Å²) in [5.74, 6) is 0.268. The van der Waals surface area contributed by atoms with Crippen molar-refractivity contribution in [2.45, 2.75) is 20.0 Å². The zero-order chi connectivity index (χ0) is 25.9. The molecule has 4 N–H and O–H groups in total. The van der Waals surface area contributed by atoms with Gasteiger partial charge in [-0.25, -0.2) is 19.7 Å². The number of urea groups is 1. The number of hydrogen-bond donors (Lipinski definition) is 4. The van der Waals surface area contributed by atoms with Gasteiger partial charge in [0.1, 0.15) is 5.52 Å². The first-order chi connectivity index (χ1) is 17.1. The topological polar surface area (TPSA) is 121 Å². The maximum Gasteiger partial charge on any atom is 0.416 e. The molecule has 3 amide bonds. The molecule has 2 aromatic carbocycles. The number of fused-ring (bicyclic) bond motifs is 1. The van der Waals surface area contributed by atoms with Crippen LogP contribution in [0.15, 0.2) is 60.8 Å². The van der Waals surface area contributed by atoms with E-state index in [0.29, 0.717) is 34.1 Å². The normalized spacial score (nSPS) is 11.1. The fourth-order valence-electron chi connectivity index (χ4n) is 3.27. The van der Waals surface area contributed by atoms with Crippen LogP contribution in [-0.4, -0.2) is 26.9 Å². The van der Waals surface area contributed by atoms with Crippen LogP contribution in [-0.2, 0) is 11.0 Å². The fourth-order valence-corrected chi connectivity index (χ4v) is 3.27. The zero-order valence-electron chi connectivity index (χ0n) is 19.1. The van der Waals surface area contributed by atoms with Gasteiger partial charge < -0.3 is 21.3 Å². The molecule has 184 valence electrons. The number of halogens is 3. The van der Waals surface area contributed by atoms with E-state index in [2.05, 4.69) is 36.2 Å². The molecule has 0 aliphatic heterocycles. The van der Waals surface area contributed by atoms with Crippen molar-refractivity contribution in [3.63, 3.8) is 0 Å². The molecule has 0 atom stereocenters. The number of alkyl halides is 3. The SMILES string of the molecule is CC(=O)Nc1ccc(Nc2cnc3cc(NC(=O)Nc4cccc(C(F)(F)F)c4)c(C)nc3n2)cc1. The van der Waals surface area contributed by atoms with Gasteiger partial charge in [0.2, 0.25) is 5.91 Å². The van der Waals surface area contributed by atoms with Gasteiger partial charge in [0.05, 0.1) is 23.1 Å². The van der Waals surface area contributed by atoms with E-state index in [4.69, 9.17) is 0 Å². The zero-order valence-corrected chi connectivity index (χ0v) is 19.1. The van der Waals surface area contributed by atoms with Crippen LogP contribution < -0.4 is 21.3 Å². The molecule has 0 saturated carbocycles. The van der Waals surface area contributed by atoms with Crippen LogP contribution in [0, 0.1) is 6.92 Å². The van der Waals surface area contributed by atoms with Crippen molar-refractivity contribution in [1.29, 1.82) is 0 Å². The van der Waals surface area contributed by atoms with E-state index < -0.39 is 17.8 Å². The molecule has 0 aliphatic rings. The molecule has 2 aromatic heterocycles. The predicted molar refractivity (Wildman–Crippen MR) is 130 cm³/mol. The first-order valence-corrected chi connectivity index (χ1v) is 10.6. The molecule has 0 radical (unpaired) electrons. The van der Waals surface area contributed by atoms with E-state index in [9.17, 15) is 22.8 Å². The minimum Gasteiger partial charge on any atom is -0.339 e. The van der Waals surface area contributed by atoms with Crippen molar-refractivity contribution < 1.29 is 22.8 Å². The Morgan fingerprint density at radius 3 is 2.28 bits per heavy atom. The van der Waals surface area contributed by atoms with Crippen LogP contribution in [0.5, 0.6) is 0 Å². The lowest BCUT2D eigenvalue weighted by atomic mass is 10.2. The lowest BCUT2D eigenvalue weighted by molar-refractivity contribution is -0.137. The van der Waals surface area contributed by atoms with Gasteiger partial charge in [-0.15, -0.1) is 0 Å². The smallest absolute Gasteiger partial charge is 0.339 e. The Labute approximate surface area is 203 Å². The van der Waals surface area contributed by atoms with E-state index in [1.165, 1.54) is 25.3 Å². The highest BCUT2D eigenvalue weighted by Gasteiger charge is 2.30. The molecule has 0 bridgehead atoms. The summed E-state index contributed by atoms with van der Waals surface area (Å²) in [7, 11) is 0. The average molecular weight is 495 g/mol. The molecular weight excluding hydrogens is 475 g/mol. The minimum atomic E-state index is -4.52. The quantitative estimate of drug-likeness (QED) is 0.282. The Bertz CT molecular complexity index is 1440. The first-order valence-electron chi connectivity index (χ1n) is 10.6. The van der Waals surface area contributed by atoms with Gasteiger partial charge in [0, 0.05) is 24.0 Å². The summed E-state index contributed by atoms with van der Waals surface area (Å²) in [5, 5.41) is 10.7. The Morgan fingerprint density at radius 1 is 0.861 bits per heavy atom. The second-order valence-corrected chi connectivity index (χ2v) is 7.76. The summed E-state index contributed by atoms with van der Waals surface area (Å²) in [5.41, 5.74) is 2.01. The number of anilines is 5. The van der Waals surface area contributed by atoms with Gasteiger partial charge >= 0.3 is 12.2 Å². The third-order valence-corrected chi connectivity index (χ3v) is 4.90. The standard InChI is InChI=1S/C24H20F3N7O2/c1-13-19(33-23(36)32-18-5-3-4-15(10-18)24(25,26)27)11-20-22(29-13)34-21(12-28-20)31-17-8-6-16(7-9-17)30-14(2)35/h3-12H,1-2H3,(H,30,35)(H,29,31,34)(H2,32,33,36). The molecule has 4 aromatic rings. The number of aryl methyl sites for hydroxylation is 1. The fraction of sp³-hybridized carbons (Fsp3) is 0.125. The third-order valence-electron chi connectivity index (χ3n) is 4.90.